The molecule has 0 saturated carbocycles. The van der Waals surface area contributed by atoms with E-state index in [4.69, 9.17) is 0 Å². The van der Waals surface area contributed by atoms with Crippen LogP contribution >= 0.6 is 0 Å². The number of benzene rings is 1. The van der Waals surface area contributed by atoms with Gasteiger partial charge in [-0.15, -0.1) is 0 Å². The molecule has 2 heterocycles. The molecular weight excluding hydrogens is 248 g/mol. The van der Waals surface area contributed by atoms with Crippen molar-refractivity contribution < 1.29 is 0 Å². The van der Waals surface area contributed by atoms with E-state index in [-0.39, 0.29) is 0 Å². The molecule has 0 amide bonds. The van der Waals surface area contributed by atoms with Crippen LogP contribution in [0.15, 0.2) is 55.0 Å². The molecule has 0 fully saturated rings. The molecule has 0 radical (unpaired) electrons. The molecule has 3 aromatic rings. The second kappa shape index (κ2) is 4.98. The summed E-state index contributed by atoms with van der Waals surface area (Å²) >= 11 is 0. The van der Waals surface area contributed by atoms with E-state index in [1.54, 1.807) is 29.2 Å². The maximum absolute atomic E-state index is 9.24. The van der Waals surface area contributed by atoms with Gasteiger partial charge >= 0.3 is 0 Å². The van der Waals surface area contributed by atoms with Crippen molar-refractivity contribution in [2.45, 2.75) is 6.92 Å². The number of hydrogen-bond acceptors (Lipinski definition) is 3. The highest BCUT2D eigenvalue weighted by Gasteiger charge is 2.12. The minimum absolute atomic E-state index is 0.560. The highest BCUT2D eigenvalue weighted by atomic mass is 15.3. The molecule has 0 unspecified atom stereocenters. The van der Waals surface area contributed by atoms with Gasteiger partial charge < -0.3 is 0 Å². The maximum Gasteiger partial charge on any atom is 0.101 e. The molecule has 3 rings (SSSR count). The van der Waals surface area contributed by atoms with E-state index in [9.17, 15) is 5.26 Å². The Morgan fingerprint density at radius 3 is 2.80 bits per heavy atom. The standard InChI is InChI=1S/C16H12N4/c1-12-5-6-14(15(10-12)20-9-3-8-19-20)16-13(11-17)4-2-7-18-16/h2-10H,1H3. The lowest BCUT2D eigenvalue weighted by Crippen LogP contribution is -2.00. The summed E-state index contributed by atoms with van der Waals surface area (Å²) < 4.78 is 1.79. The summed E-state index contributed by atoms with van der Waals surface area (Å²) in [5.74, 6) is 0. The zero-order valence-electron chi connectivity index (χ0n) is 11.0. The van der Waals surface area contributed by atoms with E-state index in [0.717, 1.165) is 16.8 Å². The first kappa shape index (κ1) is 12.1. The molecule has 0 bridgehead atoms. The van der Waals surface area contributed by atoms with E-state index in [1.165, 1.54) is 0 Å². The van der Waals surface area contributed by atoms with Crippen LogP contribution in [0, 0.1) is 18.3 Å². The molecule has 0 aliphatic rings. The topological polar surface area (TPSA) is 54.5 Å². The van der Waals surface area contributed by atoms with Gasteiger partial charge in [0.25, 0.3) is 0 Å². The van der Waals surface area contributed by atoms with Crippen LogP contribution in [0.5, 0.6) is 0 Å². The average molecular weight is 260 g/mol. The third-order valence-electron chi connectivity index (χ3n) is 3.09. The number of hydrogen-bond donors (Lipinski definition) is 0. The lowest BCUT2D eigenvalue weighted by molar-refractivity contribution is 0.880. The second-order valence-electron chi connectivity index (χ2n) is 4.48. The summed E-state index contributed by atoms with van der Waals surface area (Å²) in [6.45, 7) is 2.03. The Labute approximate surface area is 116 Å². The Morgan fingerprint density at radius 1 is 1.15 bits per heavy atom. The van der Waals surface area contributed by atoms with Gasteiger partial charge in [-0.25, -0.2) is 4.68 Å². The molecule has 4 heteroatoms. The molecule has 96 valence electrons. The van der Waals surface area contributed by atoms with Gasteiger partial charge in [0.15, 0.2) is 0 Å². The van der Waals surface area contributed by atoms with Gasteiger partial charge in [0.1, 0.15) is 6.07 Å². The number of rotatable bonds is 2. The van der Waals surface area contributed by atoms with Crippen molar-refractivity contribution in [3.63, 3.8) is 0 Å². The molecule has 0 aliphatic carbocycles. The third-order valence-corrected chi connectivity index (χ3v) is 3.09. The summed E-state index contributed by atoms with van der Waals surface area (Å²) in [5, 5.41) is 13.5. The van der Waals surface area contributed by atoms with Gasteiger partial charge in [-0.3, -0.25) is 4.98 Å². The van der Waals surface area contributed by atoms with Crippen LogP contribution in [-0.4, -0.2) is 14.8 Å². The Hall–Kier alpha value is -2.93. The lowest BCUT2D eigenvalue weighted by atomic mass is 10.0. The van der Waals surface area contributed by atoms with Crippen molar-refractivity contribution in [3.8, 4) is 23.0 Å². The maximum atomic E-state index is 9.24. The van der Waals surface area contributed by atoms with E-state index < -0.39 is 0 Å². The van der Waals surface area contributed by atoms with E-state index in [1.807, 2.05) is 37.4 Å². The Bertz CT molecular complexity index is 782. The molecule has 0 N–H and O–H groups in total. The average Bonchev–Trinajstić information content (AvgIpc) is 3.01. The summed E-state index contributed by atoms with van der Waals surface area (Å²) in [6.07, 6.45) is 5.31. The molecule has 4 nitrogen and oxygen atoms in total. The first-order valence-corrected chi connectivity index (χ1v) is 6.26. The predicted octanol–water partition coefficient (Wildman–Crippen LogP) is 3.11. The molecule has 2 aromatic heterocycles. The smallest absolute Gasteiger partial charge is 0.101 e. The van der Waals surface area contributed by atoms with Gasteiger partial charge in [-0.1, -0.05) is 12.1 Å². The van der Waals surface area contributed by atoms with E-state index >= 15 is 0 Å². The summed E-state index contributed by atoms with van der Waals surface area (Å²) in [5.41, 5.74) is 4.19. The van der Waals surface area contributed by atoms with Gasteiger partial charge in [0.2, 0.25) is 0 Å². The molecule has 20 heavy (non-hydrogen) atoms. The fourth-order valence-electron chi connectivity index (χ4n) is 2.15. The van der Waals surface area contributed by atoms with E-state index in [0.29, 0.717) is 11.3 Å². The van der Waals surface area contributed by atoms with Crippen molar-refractivity contribution in [1.82, 2.24) is 14.8 Å². The van der Waals surface area contributed by atoms with Crippen molar-refractivity contribution in [2.75, 3.05) is 0 Å². The van der Waals surface area contributed by atoms with E-state index in [2.05, 4.69) is 16.2 Å². The molecule has 0 aliphatic heterocycles. The largest absolute Gasteiger partial charge is 0.255 e. The van der Waals surface area contributed by atoms with Gasteiger partial charge in [0, 0.05) is 24.2 Å². The molecule has 0 spiro atoms. The van der Waals surface area contributed by atoms with Crippen molar-refractivity contribution in [1.29, 1.82) is 5.26 Å². The van der Waals surface area contributed by atoms with Crippen LogP contribution in [0.2, 0.25) is 0 Å². The minimum atomic E-state index is 0.560. The van der Waals surface area contributed by atoms with Crippen LogP contribution in [-0.2, 0) is 0 Å². The SMILES string of the molecule is Cc1ccc(-c2ncccc2C#N)c(-n2cccn2)c1. The highest BCUT2D eigenvalue weighted by molar-refractivity contribution is 5.74. The molecular formula is C16H12N4. The Kier molecular flexibility index (Phi) is 3.02. The fourth-order valence-corrected chi connectivity index (χ4v) is 2.15. The van der Waals surface area contributed by atoms with Crippen LogP contribution in [0.1, 0.15) is 11.1 Å². The first-order chi connectivity index (χ1) is 9.79. The van der Waals surface area contributed by atoms with Gasteiger partial charge in [-0.05, 0) is 36.8 Å². The van der Waals surface area contributed by atoms with Crippen LogP contribution in [0.25, 0.3) is 16.9 Å². The molecule has 0 atom stereocenters. The Morgan fingerprint density at radius 2 is 2.05 bits per heavy atom. The Balaban J connectivity index is 2.27. The zero-order chi connectivity index (χ0) is 13.9. The van der Waals surface area contributed by atoms with Crippen LogP contribution in [0.3, 0.4) is 0 Å². The third kappa shape index (κ3) is 2.06. The summed E-state index contributed by atoms with van der Waals surface area (Å²) in [6, 6.07) is 13.6. The predicted molar refractivity (Wildman–Crippen MR) is 76.2 cm³/mol. The van der Waals surface area contributed by atoms with Crippen molar-refractivity contribution in [2.24, 2.45) is 0 Å². The number of nitrogens with zero attached hydrogens (tertiary/aromatic N) is 4. The summed E-state index contributed by atoms with van der Waals surface area (Å²) in [7, 11) is 0. The monoisotopic (exact) mass is 260 g/mol. The number of pyridine rings is 1. The number of aromatic nitrogens is 3. The number of aryl methyl sites for hydroxylation is 1. The normalized spacial score (nSPS) is 10.2. The first-order valence-electron chi connectivity index (χ1n) is 6.26. The zero-order valence-corrected chi connectivity index (χ0v) is 11.0. The fraction of sp³-hybridized carbons (Fsp3) is 0.0625. The lowest BCUT2D eigenvalue weighted by Gasteiger charge is -2.11. The van der Waals surface area contributed by atoms with Crippen molar-refractivity contribution in [3.05, 3.63) is 66.1 Å². The van der Waals surface area contributed by atoms with Crippen molar-refractivity contribution >= 4 is 0 Å². The highest BCUT2D eigenvalue weighted by Crippen LogP contribution is 2.28. The van der Waals surface area contributed by atoms with Crippen LogP contribution < -0.4 is 0 Å². The number of nitriles is 1. The minimum Gasteiger partial charge on any atom is -0.255 e. The van der Waals surface area contributed by atoms with Gasteiger partial charge in [0.05, 0.1) is 16.9 Å². The summed E-state index contributed by atoms with van der Waals surface area (Å²) in [4.78, 5) is 4.36. The second-order valence-corrected chi connectivity index (χ2v) is 4.48. The molecule has 0 saturated heterocycles. The quantitative estimate of drug-likeness (QED) is 0.711. The van der Waals surface area contributed by atoms with Gasteiger partial charge in [-0.2, -0.15) is 10.4 Å². The molecule has 1 aromatic carbocycles. The van der Waals surface area contributed by atoms with Crippen LogP contribution in [0.4, 0.5) is 0 Å².